The number of aliphatic hydroxyl groups is 1. The van der Waals surface area contributed by atoms with Gasteiger partial charge in [-0.25, -0.2) is 9.78 Å². The van der Waals surface area contributed by atoms with E-state index in [9.17, 15) is 4.79 Å². The van der Waals surface area contributed by atoms with Crippen molar-refractivity contribution in [2.75, 3.05) is 0 Å². The first-order valence-electron chi connectivity index (χ1n) is 3.07. The number of aliphatic carboxylic acids is 1. The number of hydrogen-bond donors (Lipinski definition) is 2. The van der Waals surface area contributed by atoms with E-state index in [1.165, 1.54) is 17.1 Å². The highest BCUT2D eigenvalue weighted by atomic mass is 35.5. The third-order valence-electron chi connectivity index (χ3n) is 1.23. The molecule has 0 fully saturated rings. The fraction of sp³-hybridized carbons (Fsp3) is 0.333. The lowest BCUT2D eigenvalue weighted by Gasteiger charge is -2.04. The maximum atomic E-state index is 10.1. The molecule has 1 heterocycles. The molecule has 0 amide bonds. The van der Waals surface area contributed by atoms with Crippen LogP contribution in [0.4, 0.5) is 0 Å². The average Bonchev–Trinajstić information content (AvgIpc) is 2.39. The van der Waals surface area contributed by atoms with Crippen molar-refractivity contribution in [3.8, 4) is 0 Å². The lowest BCUT2D eigenvalue weighted by Crippen LogP contribution is -2.24. The van der Waals surface area contributed by atoms with E-state index in [1.54, 1.807) is 6.20 Å². The van der Waals surface area contributed by atoms with Gasteiger partial charge in [-0.15, -0.1) is 12.4 Å². The molecule has 1 atom stereocenters. The van der Waals surface area contributed by atoms with Crippen LogP contribution in [0.5, 0.6) is 0 Å². The number of hydrogen-bond acceptors (Lipinski definition) is 3. The molecule has 6 heteroatoms. The molecular weight excluding hydrogens is 184 g/mol. The number of nitrogens with zero attached hydrogens (tertiary/aromatic N) is 2. The van der Waals surface area contributed by atoms with Crippen LogP contribution in [0.25, 0.3) is 0 Å². The second-order valence-electron chi connectivity index (χ2n) is 2.11. The summed E-state index contributed by atoms with van der Waals surface area (Å²) in [4.78, 5) is 13.8. The van der Waals surface area contributed by atoms with Crippen LogP contribution < -0.4 is 0 Å². The van der Waals surface area contributed by atoms with Crippen molar-refractivity contribution in [2.45, 2.75) is 12.6 Å². The van der Waals surface area contributed by atoms with Crippen molar-refractivity contribution >= 4 is 18.4 Å². The molecule has 0 aliphatic heterocycles. The number of carboxylic acid groups (broad SMARTS) is 1. The Morgan fingerprint density at radius 3 is 2.75 bits per heavy atom. The van der Waals surface area contributed by atoms with Crippen molar-refractivity contribution in [1.29, 1.82) is 0 Å². The molecule has 5 nitrogen and oxygen atoms in total. The average molecular weight is 193 g/mol. The molecule has 0 aliphatic carbocycles. The van der Waals surface area contributed by atoms with Gasteiger partial charge in [0, 0.05) is 12.4 Å². The first kappa shape index (κ1) is 10.9. The quantitative estimate of drug-likeness (QED) is 0.693. The van der Waals surface area contributed by atoms with Crippen LogP contribution in [0, 0.1) is 0 Å². The van der Waals surface area contributed by atoms with Crippen LogP contribution in [0.15, 0.2) is 18.7 Å². The van der Waals surface area contributed by atoms with E-state index in [0.717, 1.165) is 0 Å². The highest BCUT2D eigenvalue weighted by molar-refractivity contribution is 5.85. The minimum atomic E-state index is -1.36. The Hall–Kier alpha value is -1.07. The summed E-state index contributed by atoms with van der Waals surface area (Å²) >= 11 is 0. The van der Waals surface area contributed by atoms with Gasteiger partial charge in [-0.3, -0.25) is 0 Å². The number of carboxylic acids is 1. The minimum absolute atomic E-state index is 0. The Kier molecular flexibility index (Phi) is 4.31. The standard InChI is InChI=1S/C6H8N2O3.ClH/c9-5(6(10)11)3-8-2-1-7-4-8;/h1-2,4-5,9H,3H2,(H,10,11);1H. The van der Waals surface area contributed by atoms with Gasteiger partial charge in [0.05, 0.1) is 12.9 Å². The third-order valence-corrected chi connectivity index (χ3v) is 1.23. The number of aliphatic hydroxyl groups excluding tert-OH is 1. The maximum Gasteiger partial charge on any atom is 0.334 e. The van der Waals surface area contributed by atoms with Crippen LogP contribution in [0.3, 0.4) is 0 Å². The Balaban J connectivity index is 0.00000121. The molecule has 1 aromatic heterocycles. The van der Waals surface area contributed by atoms with Crippen molar-refractivity contribution < 1.29 is 15.0 Å². The Morgan fingerprint density at radius 2 is 2.33 bits per heavy atom. The number of rotatable bonds is 3. The summed E-state index contributed by atoms with van der Waals surface area (Å²) in [6.45, 7) is 0.0370. The first-order valence-corrected chi connectivity index (χ1v) is 3.07. The molecule has 0 spiro atoms. The summed E-state index contributed by atoms with van der Waals surface area (Å²) in [7, 11) is 0. The lowest BCUT2D eigenvalue weighted by molar-refractivity contribution is -0.147. The van der Waals surface area contributed by atoms with E-state index >= 15 is 0 Å². The van der Waals surface area contributed by atoms with E-state index in [2.05, 4.69) is 4.98 Å². The summed E-state index contributed by atoms with van der Waals surface area (Å²) in [5.74, 6) is -1.22. The van der Waals surface area contributed by atoms with E-state index in [0.29, 0.717) is 0 Å². The van der Waals surface area contributed by atoms with E-state index in [4.69, 9.17) is 10.2 Å². The van der Waals surface area contributed by atoms with Gasteiger partial charge in [-0.1, -0.05) is 0 Å². The minimum Gasteiger partial charge on any atom is -0.479 e. The summed E-state index contributed by atoms with van der Waals surface area (Å²) in [6, 6.07) is 0. The zero-order valence-corrected chi connectivity index (χ0v) is 6.94. The fourth-order valence-corrected chi connectivity index (χ4v) is 0.673. The third kappa shape index (κ3) is 2.89. The summed E-state index contributed by atoms with van der Waals surface area (Å²) in [6.07, 6.45) is 3.21. The number of aromatic nitrogens is 2. The van der Waals surface area contributed by atoms with E-state index in [1.807, 2.05) is 0 Å². The van der Waals surface area contributed by atoms with Gasteiger partial charge in [0.1, 0.15) is 0 Å². The van der Waals surface area contributed by atoms with Crippen molar-refractivity contribution in [3.05, 3.63) is 18.7 Å². The van der Waals surface area contributed by atoms with Crippen LogP contribution in [-0.2, 0) is 11.3 Å². The van der Waals surface area contributed by atoms with Gasteiger partial charge >= 0.3 is 5.97 Å². The molecular formula is C6H9ClN2O3. The molecule has 0 radical (unpaired) electrons. The number of halogens is 1. The largest absolute Gasteiger partial charge is 0.479 e. The number of carbonyl (C=O) groups is 1. The smallest absolute Gasteiger partial charge is 0.334 e. The Bertz CT molecular complexity index is 237. The Labute approximate surface area is 75.1 Å². The van der Waals surface area contributed by atoms with Crippen molar-refractivity contribution in [1.82, 2.24) is 9.55 Å². The summed E-state index contributed by atoms with van der Waals surface area (Å²) in [5.41, 5.74) is 0. The monoisotopic (exact) mass is 192 g/mol. The molecule has 1 unspecified atom stereocenters. The van der Waals surface area contributed by atoms with Crippen LogP contribution in [-0.4, -0.2) is 31.8 Å². The lowest BCUT2D eigenvalue weighted by atomic mass is 10.3. The summed E-state index contributed by atoms with van der Waals surface area (Å²) < 4.78 is 1.50. The normalized spacial score (nSPS) is 11.8. The van der Waals surface area contributed by atoms with Crippen LogP contribution in [0.2, 0.25) is 0 Å². The van der Waals surface area contributed by atoms with E-state index < -0.39 is 12.1 Å². The predicted octanol–water partition coefficient (Wildman–Crippen LogP) is -0.250. The molecule has 1 rings (SSSR count). The topological polar surface area (TPSA) is 75.3 Å². The molecule has 12 heavy (non-hydrogen) atoms. The molecule has 68 valence electrons. The molecule has 0 saturated heterocycles. The molecule has 0 aliphatic rings. The van der Waals surface area contributed by atoms with Crippen molar-refractivity contribution in [3.63, 3.8) is 0 Å². The molecule has 0 aromatic carbocycles. The van der Waals surface area contributed by atoms with Gasteiger partial charge in [-0.05, 0) is 0 Å². The number of imidazole rings is 1. The zero-order valence-electron chi connectivity index (χ0n) is 6.12. The highest BCUT2D eigenvalue weighted by Crippen LogP contribution is 1.91. The molecule has 2 N–H and O–H groups in total. The van der Waals surface area contributed by atoms with Crippen molar-refractivity contribution in [2.24, 2.45) is 0 Å². The predicted molar refractivity (Wildman–Crippen MR) is 43.1 cm³/mol. The van der Waals surface area contributed by atoms with E-state index in [-0.39, 0.29) is 19.0 Å². The van der Waals surface area contributed by atoms with Gasteiger partial charge < -0.3 is 14.8 Å². The second kappa shape index (κ2) is 4.74. The SMILES string of the molecule is Cl.O=C(O)C(O)Cn1ccnc1. The van der Waals surface area contributed by atoms with Crippen LogP contribution >= 0.6 is 12.4 Å². The molecule has 0 saturated carbocycles. The van der Waals surface area contributed by atoms with Gasteiger partial charge in [0.2, 0.25) is 0 Å². The zero-order chi connectivity index (χ0) is 8.27. The second-order valence-corrected chi connectivity index (χ2v) is 2.11. The molecule has 1 aromatic rings. The maximum absolute atomic E-state index is 10.1. The Morgan fingerprint density at radius 1 is 1.67 bits per heavy atom. The van der Waals surface area contributed by atoms with Crippen LogP contribution in [0.1, 0.15) is 0 Å². The first-order chi connectivity index (χ1) is 5.20. The highest BCUT2D eigenvalue weighted by Gasteiger charge is 2.12. The fourth-order valence-electron chi connectivity index (χ4n) is 0.673. The summed E-state index contributed by atoms with van der Waals surface area (Å²) in [5, 5.41) is 17.1. The van der Waals surface area contributed by atoms with Gasteiger partial charge in [-0.2, -0.15) is 0 Å². The molecule has 0 bridgehead atoms. The van der Waals surface area contributed by atoms with Gasteiger partial charge in [0.25, 0.3) is 0 Å². The van der Waals surface area contributed by atoms with Gasteiger partial charge in [0.15, 0.2) is 6.10 Å².